The highest BCUT2D eigenvalue weighted by Crippen LogP contribution is 2.51. The number of hydrogen-bond donors (Lipinski definition) is 2. The van der Waals surface area contributed by atoms with Gasteiger partial charge in [-0.1, -0.05) is 29.3 Å². The zero-order valence-electron chi connectivity index (χ0n) is 28.4. The minimum atomic E-state index is -6.28. The van der Waals surface area contributed by atoms with Crippen LogP contribution in [0.25, 0.3) is 27.5 Å². The largest absolute Gasteiger partial charge is 0.459 e. The predicted molar refractivity (Wildman–Crippen MR) is 169 cm³/mol. The number of rotatable bonds is 5. The topological polar surface area (TPSA) is 167 Å². The summed E-state index contributed by atoms with van der Waals surface area (Å²) in [6, 6.07) is 13.2. The summed E-state index contributed by atoms with van der Waals surface area (Å²) in [6.07, 6.45) is -17.7. The Kier molecular flexibility index (Phi) is 12.7. The van der Waals surface area contributed by atoms with Gasteiger partial charge in [0.05, 0.1) is 6.20 Å². The van der Waals surface area contributed by atoms with Gasteiger partial charge >= 0.3 is 36.6 Å². The molecule has 0 unspecified atom stereocenters. The fourth-order valence-corrected chi connectivity index (χ4v) is 4.51. The maximum Gasteiger partial charge on any atom is 0.459 e. The van der Waals surface area contributed by atoms with Crippen molar-refractivity contribution in [2.24, 2.45) is 19.2 Å². The molecule has 3 aromatic heterocycles. The van der Waals surface area contributed by atoms with Gasteiger partial charge in [-0.05, 0) is 41.0 Å². The lowest BCUT2D eigenvalue weighted by Gasteiger charge is -2.19. The van der Waals surface area contributed by atoms with Crippen LogP contribution in [0, 0.1) is 12.3 Å². The van der Waals surface area contributed by atoms with Crippen LogP contribution < -0.4 is 11.5 Å². The zero-order chi connectivity index (χ0) is 44.4. The van der Waals surface area contributed by atoms with Crippen LogP contribution in [-0.2, 0) is 38.3 Å². The Labute approximate surface area is 312 Å². The molecule has 0 aliphatic heterocycles. The third kappa shape index (κ3) is 9.65. The summed E-state index contributed by atoms with van der Waals surface area (Å²) < 4.78 is 207. The molecular weight excluding hydrogens is 832 g/mol. The van der Waals surface area contributed by atoms with Gasteiger partial charge in [-0.2, -0.15) is 80.4 Å². The van der Waals surface area contributed by atoms with E-state index in [-0.39, 0.29) is 15.1 Å². The molecule has 0 atom stereocenters. The standard InChI is InChI=1S/C15H10F8N6.C8H7N.C7H3F8N5/c1-28-12(29-6-9(25-27-29)7-3-2-4-8(24)5-7)10(14(18,19)20)11(26-28)13(16,17)15(21,22)23;1-2-7-4-3-5-8(9)6-7;1-20-4(17-19-16)2(6(10,11)12)3(18-20)5(8,9)7(13,14)15/h2-6H,24H2,1H3;1,3-6H,9H2;1H3. The van der Waals surface area contributed by atoms with Crippen LogP contribution >= 0.6 is 0 Å². The Morgan fingerprint density at radius 2 is 1.19 bits per heavy atom. The molecule has 0 fully saturated rings. The van der Waals surface area contributed by atoms with Gasteiger partial charge < -0.3 is 11.5 Å². The van der Waals surface area contributed by atoms with Crippen LogP contribution in [0.3, 0.4) is 0 Å². The van der Waals surface area contributed by atoms with Crippen molar-refractivity contribution in [1.29, 1.82) is 0 Å². The van der Waals surface area contributed by atoms with Crippen LogP contribution in [0.1, 0.15) is 28.1 Å². The van der Waals surface area contributed by atoms with E-state index in [4.69, 9.17) is 23.4 Å². The second-order valence-electron chi connectivity index (χ2n) is 11.1. The van der Waals surface area contributed by atoms with Gasteiger partial charge in [0.1, 0.15) is 22.6 Å². The Bertz CT molecular complexity index is 2330. The Morgan fingerprint density at radius 1 is 0.707 bits per heavy atom. The predicted octanol–water partition coefficient (Wildman–Crippen LogP) is 9.21. The number of benzene rings is 2. The van der Waals surface area contributed by atoms with Crippen molar-refractivity contribution in [2.45, 2.75) is 36.6 Å². The molecule has 0 amide bonds. The number of nitrogens with zero attached hydrogens (tertiary/aromatic N) is 10. The molecule has 0 bridgehead atoms. The summed E-state index contributed by atoms with van der Waals surface area (Å²) in [5.74, 6) is -11.8. The molecule has 58 heavy (non-hydrogen) atoms. The lowest BCUT2D eigenvalue weighted by atomic mass is 10.1. The lowest BCUT2D eigenvalue weighted by molar-refractivity contribution is -0.292. The van der Waals surface area contributed by atoms with Gasteiger partial charge in [0.15, 0.2) is 17.2 Å². The van der Waals surface area contributed by atoms with Crippen molar-refractivity contribution in [3.63, 3.8) is 0 Å². The van der Waals surface area contributed by atoms with Gasteiger partial charge in [-0.3, -0.25) is 4.68 Å². The van der Waals surface area contributed by atoms with Crippen LogP contribution in [-0.4, -0.2) is 46.9 Å². The Hall–Kier alpha value is -6.65. The van der Waals surface area contributed by atoms with Crippen molar-refractivity contribution < 1.29 is 70.2 Å². The van der Waals surface area contributed by atoms with E-state index < -0.39 is 70.7 Å². The molecule has 0 spiro atoms. The van der Waals surface area contributed by atoms with E-state index in [1.54, 1.807) is 12.1 Å². The van der Waals surface area contributed by atoms with Crippen LogP contribution in [0.4, 0.5) is 87.4 Å². The minimum Gasteiger partial charge on any atom is -0.399 e. The molecule has 0 aliphatic carbocycles. The molecule has 0 radical (unpaired) electrons. The maximum atomic E-state index is 13.7. The third-order valence-electron chi connectivity index (χ3n) is 6.99. The fraction of sp³-hybridized carbons (Fsp3) is 0.267. The second kappa shape index (κ2) is 16.1. The molecule has 0 saturated heterocycles. The number of nitrogens with two attached hydrogens (primary N) is 2. The Balaban J connectivity index is 0.000000267. The van der Waals surface area contributed by atoms with E-state index in [0.717, 1.165) is 18.8 Å². The molecule has 0 aliphatic rings. The number of anilines is 2. The molecule has 4 N–H and O–H groups in total. The average molecular weight is 853 g/mol. The zero-order valence-corrected chi connectivity index (χ0v) is 28.4. The first-order valence-corrected chi connectivity index (χ1v) is 14.7. The molecular formula is C30H20F16N12. The van der Waals surface area contributed by atoms with Gasteiger partial charge in [0.2, 0.25) is 0 Å². The highest BCUT2D eigenvalue weighted by Gasteiger charge is 2.65. The molecule has 5 rings (SSSR count). The number of nitrogen functional groups attached to an aromatic ring is 2. The molecule has 2 aromatic carbocycles. The Morgan fingerprint density at radius 3 is 1.62 bits per heavy atom. The van der Waals surface area contributed by atoms with E-state index in [2.05, 4.69) is 31.5 Å². The van der Waals surface area contributed by atoms with Crippen molar-refractivity contribution in [1.82, 2.24) is 34.6 Å². The van der Waals surface area contributed by atoms with E-state index in [0.29, 0.717) is 28.7 Å². The first-order valence-electron chi connectivity index (χ1n) is 14.7. The number of terminal acetylenes is 1. The number of aromatic nitrogens is 7. The van der Waals surface area contributed by atoms with Gasteiger partial charge in [-0.25, -0.2) is 9.36 Å². The van der Waals surface area contributed by atoms with Crippen LogP contribution in [0.2, 0.25) is 0 Å². The molecule has 3 heterocycles. The highest BCUT2D eigenvalue weighted by atomic mass is 19.4. The number of aryl methyl sites for hydroxylation is 2. The van der Waals surface area contributed by atoms with Gasteiger partial charge in [0, 0.05) is 41.5 Å². The van der Waals surface area contributed by atoms with Gasteiger partial charge in [-0.15, -0.1) is 11.5 Å². The summed E-state index contributed by atoms with van der Waals surface area (Å²) in [5.41, 5.74) is 11.5. The summed E-state index contributed by atoms with van der Waals surface area (Å²) in [6.45, 7) is 0. The first kappa shape index (κ1) is 45.7. The van der Waals surface area contributed by atoms with E-state index in [1.165, 1.54) is 24.3 Å². The minimum absolute atomic E-state index is 0.00245. The third-order valence-corrected chi connectivity index (χ3v) is 6.99. The molecule has 5 aromatic rings. The summed E-state index contributed by atoms with van der Waals surface area (Å²) in [7, 11) is 1.41. The van der Waals surface area contributed by atoms with Crippen molar-refractivity contribution in [3.8, 4) is 29.4 Å². The van der Waals surface area contributed by atoms with E-state index in [9.17, 15) is 70.2 Å². The van der Waals surface area contributed by atoms with Crippen molar-refractivity contribution in [2.75, 3.05) is 11.5 Å². The summed E-state index contributed by atoms with van der Waals surface area (Å²) >= 11 is 0. The fourth-order valence-electron chi connectivity index (χ4n) is 4.51. The first-order chi connectivity index (χ1) is 26.4. The van der Waals surface area contributed by atoms with Gasteiger partial charge in [0.25, 0.3) is 0 Å². The smallest absolute Gasteiger partial charge is 0.399 e. The number of hydrogen-bond acceptors (Lipinski definition) is 7. The van der Waals surface area contributed by atoms with Crippen molar-refractivity contribution in [3.05, 3.63) is 93.2 Å². The summed E-state index contributed by atoms with van der Waals surface area (Å²) in [5, 5.41) is 14.8. The van der Waals surface area contributed by atoms with Crippen LogP contribution in [0.5, 0.6) is 0 Å². The monoisotopic (exact) mass is 852 g/mol. The lowest BCUT2D eigenvalue weighted by Crippen LogP contribution is -2.36. The number of azide groups is 1. The average Bonchev–Trinajstić information content (AvgIpc) is 3.80. The number of halogens is 16. The summed E-state index contributed by atoms with van der Waals surface area (Å²) in [4.78, 5) is 1.94. The van der Waals surface area contributed by atoms with E-state index >= 15 is 0 Å². The maximum absolute atomic E-state index is 13.7. The highest BCUT2D eigenvalue weighted by molar-refractivity contribution is 5.63. The normalized spacial score (nSPS) is 12.4. The molecule has 0 saturated carbocycles. The van der Waals surface area contributed by atoms with Crippen molar-refractivity contribution >= 4 is 17.2 Å². The van der Waals surface area contributed by atoms with E-state index in [1.807, 2.05) is 17.0 Å². The molecule has 312 valence electrons. The number of alkyl halides is 16. The quantitative estimate of drug-likeness (QED) is 0.0447. The molecule has 28 heteroatoms. The van der Waals surface area contributed by atoms with Crippen LogP contribution in [0.15, 0.2) is 59.8 Å². The SMILES string of the molecule is C#Cc1cccc(N)c1.Cn1nc(C(F)(F)C(F)(F)F)c(C(F)(F)F)c1-n1cc(-c2cccc(N)c2)nn1.Cn1nc(C(F)(F)C(F)(F)F)c(C(F)(F)F)c1N=[N+]=[N-]. The second-order valence-corrected chi connectivity index (χ2v) is 11.1. The molecule has 12 nitrogen and oxygen atoms in total.